The number of pyridine rings is 1. The lowest BCUT2D eigenvalue weighted by molar-refractivity contribution is -0.156. The van der Waals surface area contributed by atoms with Crippen molar-refractivity contribution in [1.82, 2.24) is 19.9 Å². The number of carbonyl (C=O) groups is 1. The van der Waals surface area contributed by atoms with Gasteiger partial charge in [-0.1, -0.05) is 36.4 Å². The minimum atomic E-state index is -1.13. The third-order valence-corrected chi connectivity index (χ3v) is 7.35. The summed E-state index contributed by atoms with van der Waals surface area (Å²) in [4.78, 5) is 29.2. The number of unbranched alkanes of at least 4 members (excludes halogenated alkanes) is 1. The molecule has 2 aromatic heterocycles. The number of aryl methyl sites for hydroxylation is 2. The fraction of sp³-hybridized carbons (Fsp3) is 0.529. The van der Waals surface area contributed by atoms with Crippen LogP contribution < -0.4 is 10.6 Å². The second kappa shape index (κ2) is 16.4. The molecule has 3 heterocycles. The summed E-state index contributed by atoms with van der Waals surface area (Å²) in [5.41, 5.74) is 2.58. The molecule has 1 aliphatic heterocycles. The topological polar surface area (TPSA) is 102 Å². The summed E-state index contributed by atoms with van der Waals surface area (Å²) >= 11 is 0. The molecule has 0 bridgehead atoms. The van der Waals surface area contributed by atoms with Gasteiger partial charge in [-0.25, -0.2) is 24.1 Å². The zero-order chi connectivity index (χ0) is 31.4. The summed E-state index contributed by atoms with van der Waals surface area (Å²) in [5.74, 6) is 1.72. The maximum absolute atomic E-state index is 14.7. The number of aromatic nitrogens is 3. The van der Waals surface area contributed by atoms with E-state index in [0.29, 0.717) is 31.2 Å². The number of esters is 1. The number of anilines is 2. The number of hydrogen-bond donors (Lipinski definition) is 2. The first-order chi connectivity index (χ1) is 21.2. The maximum Gasteiger partial charge on any atom is 0.329 e. The largest absolute Gasteiger partial charge is 0.458 e. The molecule has 10 heteroatoms. The van der Waals surface area contributed by atoms with E-state index in [0.717, 1.165) is 55.7 Å². The van der Waals surface area contributed by atoms with Crippen LogP contribution in [0.4, 0.5) is 16.0 Å². The third kappa shape index (κ3) is 10.8. The molecule has 4 rings (SSSR count). The molecule has 0 fully saturated rings. The fourth-order valence-corrected chi connectivity index (χ4v) is 5.24. The molecule has 2 atom stereocenters. The van der Waals surface area contributed by atoms with Crippen LogP contribution in [0.25, 0.3) is 11.4 Å². The molecular weight excluding hydrogens is 559 g/mol. The molecule has 44 heavy (non-hydrogen) atoms. The lowest BCUT2D eigenvalue weighted by Gasteiger charge is -2.28. The van der Waals surface area contributed by atoms with Gasteiger partial charge in [0, 0.05) is 44.2 Å². The predicted molar refractivity (Wildman–Crippen MR) is 173 cm³/mol. The van der Waals surface area contributed by atoms with E-state index in [-0.39, 0.29) is 19.1 Å². The Morgan fingerprint density at radius 2 is 1.91 bits per heavy atom. The zero-order valence-electron chi connectivity index (χ0n) is 26.5. The van der Waals surface area contributed by atoms with Crippen molar-refractivity contribution in [2.45, 2.75) is 77.1 Å². The highest BCUT2D eigenvalue weighted by molar-refractivity contribution is 5.79. The van der Waals surface area contributed by atoms with Gasteiger partial charge in [0.05, 0.1) is 6.61 Å². The number of methoxy groups -OCH3 is 1. The molecule has 0 saturated carbocycles. The van der Waals surface area contributed by atoms with Crippen LogP contribution in [0.5, 0.6) is 0 Å². The Labute approximate surface area is 261 Å². The molecule has 2 N–H and O–H groups in total. The van der Waals surface area contributed by atoms with Gasteiger partial charge in [-0.3, -0.25) is 0 Å². The number of nitrogens with one attached hydrogen (secondary N) is 2. The van der Waals surface area contributed by atoms with Crippen molar-refractivity contribution in [2.24, 2.45) is 0 Å². The molecule has 1 aliphatic rings. The molecule has 0 unspecified atom stereocenters. The molecule has 0 aliphatic carbocycles. The van der Waals surface area contributed by atoms with E-state index in [1.807, 2.05) is 51.1 Å². The molecule has 0 amide bonds. The molecule has 3 aromatic rings. The van der Waals surface area contributed by atoms with E-state index >= 15 is 0 Å². The van der Waals surface area contributed by atoms with Crippen LogP contribution in [0, 0.1) is 0 Å². The number of rotatable bonds is 16. The number of alkyl halides is 1. The van der Waals surface area contributed by atoms with Crippen molar-refractivity contribution in [1.29, 1.82) is 0 Å². The first-order valence-corrected chi connectivity index (χ1v) is 15.7. The van der Waals surface area contributed by atoms with Crippen molar-refractivity contribution in [3.05, 3.63) is 66.0 Å². The molecule has 0 spiro atoms. The fourth-order valence-electron chi connectivity index (χ4n) is 5.24. The standard InChI is InChI=1S/C34H47FN6O3/c1-34(2,3)44-33(42)29(39-30-17-20-37-32(40-30)25-11-6-5-7-12-25)18-22-41(23-27(35)24-43-4)21-9-8-14-28-16-15-26-13-10-19-36-31(26)38-28/h5-7,11-12,15-17,20,27,29H,8-10,13-14,18-19,21-24H2,1-4H3,(H,36,38)(H,37,39,40)/t27-,29-/m0/s1. The monoisotopic (exact) mass is 606 g/mol. The average Bonchev–Trinajstić information content (AvgIpc) is 3.00. The van der Waals surface area contributed by atoms with Gasteiger partial charge in [0.1, 0.15) is 29.5 Å². The molecule has 9 nitrogen and oxygen atoms in total. The SMILES string of the molecule is COC[C@@H](F)CN(CCCCc1ccc2c(n1)NCCC2)CC[C@H](Nc1ccnc(-c2ccccc2)n1)C(=O)OC(C)(C)C. The molecule has 238 valence electrons. The summed E-state index contributed by atoms with van der Waals surface area (Å²) in [7, 11) is 1.51. The van der Waals surface area contributed by atoms with E-state index in [2.05, 4.69) is 37.6 Å². The number of benzene rings is 1. The number of carbonyl (C=O) groups excluding carboxylic acids is 1. The van der Waals surface area contributed by atoms with Gasteiger partial charge in [0.2, 0.25) is 0 Å². The number of nitrogens with zero attached hydrogens (tertiary/aromatic N) is 4. The van der Waals surface area contributed by atoms with Gasteiger partial charge < -0.3 is 25.0 Å². The second-order valence-electron chi connectivity index (χ2n) is 12.3. The Kier molecular flexibility index (Phi) is 12.4. The normalized spacial score (nSPS) is 14.4. The van der Waals surface area contributed by atoms with Crippen molar-refractivity contribution in [3.8, 4) is 11.4 Å². The van der Waals surface area contributed by atoms with Crippen LogP contribution in [0.2, 0.25) is 0 Å². The number of fused-ring (bicyclic) bond motifs is 1. The Morgan fingerprint density at radius 3 is 2.68 bits per heavy atom. The molecule has 0 radical (unpaired) electrons. The molecule has 1 aromatic carbocycles. The zero-order valence-corrected chi connectivity index (χ0v) is 26.5. The maximum atomic E-state index is 14.7. The van der Waals surface area contributed by atoms with Crippen LogP contribution in [0.1, 0.15) is 57.7 Å². The highest BCUT2D eigenvalue weighted by atomic mass is 19.1. The Bertz CT molecular complexity index is 1320. The lowest BCUT2D eigenvalue weighted by atomic mass is 10.1. The Morgan fingerprint density at radius 1 is 1.09 bits per heavy atom. The van der Waals surface area contributed by atoms with E-state index in [1.165, 1.54) is 12.7 Å². The Hall–Kier alpha value is -3.63. The van der Waals surface area contributed by atoms with Crippen LogP contribution in [-0.2, 0) is 27.1 Å². The van der Waals surface area contributed by atoms with E-state index in [9.17, 15) is 9.18 Å². The summed E-state index contributed by atoms with van der Waals surface area (Å²) in [5, 5.41) is 6.67. The minimum absolute atomic E-state index is 0.0273. The van der Waals surface area contributed by atoms with Gasteiger partial charge in [-0.15, -0.1) is 0 Å². The first kappa shape index (κ1) is 33.3. The van der Waals surface area contributed by atoms with Crippen molar-refractivity contribution in [3.63, 3.8) is 0 Å². The molecule has 0 saturated heterocycles. The van der Waals surface area contributed by atoms with Crippen LogP contribution in [0.3, 0.4) is 0 Å². The quantitative estimate of drug-likeness (QED) is 0.157. The summed E-state index contributed by atoms with van der Waals surface area (Å²) in [6.07, 6.45) is 5.83. The van der Waals surface area contributed by atoms with E-state index in [1.54, 1.807) is 12.3 Å². The van der Waals surface area contributed by atoms with Gasteiger partial charge in [0.25, 0.3) is 0 Å². The van der Waals surface area contributed by atoms with Crippen molar-refractivity contribution >= 4 is 17.6 Å². The number of hydrogen-bond acceptors (Lipinski definition) is 9. The predicted octanol–water partition coefficient (Wildman–Crippen LogP) is 5.72. The smallest absolute Gasteiger partial charge is 0.329 e. The van der Waals surface area contributed by atoms with Gasteiger partial charge in [0.15, 0.2) is 5.82 Å². The second-order valence-corrected chi connectivity index (χ2v) is 12.3. The number of halogens is 1. The Balaban J connectivity index is 1.40. The van der Waals surface area contributed by atoms with Gasteiger partial charge in [-0.05, 0) is 83.5 Å². The van der Waals surface area contributed by atoms with Gasteiger partial charge >= 0.3 is 5.97 Å². The van der Waals surface area contributed by atoms with E-state index < -0.39 is 17.8 Å². The average molecular weight is 607 g/mol. The lowest BCUT2D eigenvalue weighted by Crippen LogP contribution is -2.41. The molecular formula is C34H47FN6O3. The summed E-state index contributed by atoms with van der Waals surface area (Å²) in [6, 6.07) is 15.0. The van der Waals surface area contributed by atoms with Gasteiger partial charge in [-0.2, -0.15) is 0 Å². The van der Waals surface area contributed by atoms with Crippen molar-refractivity contribution < 1.29 is 18.7 Å². The van der Waals surface area contributed by atoms with Crippen LogP contribution >= 0.6 is 0 Å². The van der Waals surface area contributed by atoms with Crippen LogP contribution in [-0.4, -0.2) is 83.5 Å². The minimum Gasteiger partial charge on any atom is -0.458 e. The third-order valence-electron chi connectivity index (χ3n) is 7.35. The van der Waals surface area contributed by atoms with E-state index in [4.69, 9.17) is 14.5 Å². The first-order valence-electron chi connectivity index (χ1n) is 15.7. The summed E-state index contributed by atoms with van der Waals surface area (Å²) < 4.78 is 25.6. The van der Waals surface area contributed by atoms with Crippen molar-refractivity contribution in [2.75, 3.05) is 50.5 Å². The number of ether oxygens (including phenoxy) is 2. The highest BCUT2D eigenvalue weighted by Gasteiger charge is 2.27. The van der Waals surface area contributed by atoms with Crippen LogP contribution in [0.15, 0.2) is 54.7 Å². The highest BCUT2D eigenvalue weighted by Crippen LogP contribution is 2.21. The summed E-state index contributed by atoms with van der Waals surface area (Å²) in [6.45, 7) is 7.95.